The molecule has 0 spiro atoms. The first kappa shape index (κ1) is 29.8. The molecule has 0 unspecified atom stereocenters. The maximum absolute atomic E-state index is 13.0. The fourth-order valence-electron chi connectivity index (χ4n) is 5.05. The Hall–Kier alpha value is -4.13. The Morgan fingerprint density at radius 2 is 1.56 bits per heavy atom. The van der Waals surface area contributed by atoms with E-state index in [1.165, 1.54) is 11.1 Å². The fraction of sp³-hybridized carbons (Fsp3) is 0.382. The van der Waals surface area contributed by atoms with E-state index < -0.39 is 5.97 Å². The molecule has 4 rings (SSSR count). The molecule has 7 nitrogen and oxygen atoms in total. The number of aromatic nitrogens is 3. The summed E-state index contributed by atoms with van der Waals surface area (Å²) in [5.41, 5.74) is 6.22. The van der Waals surface area contributed by atoms with Crippen LogP contribution in [0.2, 0.25) is 0 Å². The number of aryl methyl sites for hydroxylation is 2. The molecule has 0 bridgehead atoms. The second-order valence-corrected chi connectivity index (χ2v) is 11.4. The molecule has 4 aromatic rings. The summed E-state index contributed by atoms with van der Waals surface area (Å²) in [7, 11) is 0. The van der Waals surface area contributed by atoms with Gasteiger partial charge in [0, 0.05) is 18.5 Å². The number of benzene rings is 3. The lowest BCUT2D eigenvalue weighted by Crippen LogP contribution is -2.25. The van der Waals surface area contributed by atoms with Crippen LogP contribution in [0.3, 0.4) is 0 Å². The van der Waals surface area contributed by atoms with Gasteiger partial charge < -0.3 is 9.84 Å². The molecule has 1 aromatic heterocycles. The molecule has 1 heterocycles. The largest absolute Gasteiger partial charge is 0.494 e. The van der Waals surface area contributed by atoms with E-state index in [1.54, 1.807) is 9.25 Å². The molecule has 0 amide bonds. The SMILES string of the molecule is CCOc1ccc(-c2ccc(CCCc3nn(Cc4ccc(C(C)(C)C)cc4)c(=O)n3CC)cc2)cc1CC(=O)O. The molecule has 0 radical (unpaired) electrons. The van der Waals surface area contributed by atoms with Crippen LogP contribution in [0, 0.1) is 0 Å². The molecule has 0 aliphatic carbocycles. The van der Waals surface area contributed by atoms with Crippen LogP contribution in [-0.2, 0) is 42.6 Å². The second-order valence-electron chi connectivity index (χ2n) is 11.4. The van der Waals surface area contributed by atoms with Crippen LogP contribution in [0.15, 0.2) is 71.5 Å². The molecule has 0 fully saturated rings. The molecule has 0 aliphatic rings. The van der Waals surface area contributed by atoms with Gasteiger partial charge in [0.25, 0.3) is 0 Å². The third-order valence-corrected chi connectivity index (χ3v) is 7.32. The van der Waals surface area contributed by atoms with Crippen molar-refractivity contribution in [2.75, 3.05) is 6.61 Å². The van der Waals surface area contributed by atoms with Gasteiger partial charge in [-0.05, 0) is 72.1 Å². The van der Waals surface area contributed by atoms with Crippen LogP contribution in [0.1, 0.15) is 69.1 Å². The first-order chi connectivity index (χ1) is 19.6. The van der Waals surface area contributed by atoms with Crippen LogP contribution in [0.4, 0.5) is 0 Å². The second kappa shape index (κ2) is 13.0. The number of hydrogen-bond donors (Lipinski definition) is 1. The number of aliphatic carboxylic acids is 1. The molecule has 0 atom stereocenters. The standard InChI is InChI=1S/C34H41N3O4/c1-6-36-31(35-37(33(36)40)23-25-13-18-29(19-14-25)34(3,4)5)10-8-9-24-11-15-26(16-12-24)27-17-20-30(41-7-2)28(21-27)22-32(38)39/h11-21H,6-10,22-23H2,1-5H3,(H,38,39). The van der Waals surface area contributed by atoms with Crippen LogP contribution in [-0.4, -0.2) is 32.0 Å². The highest BCUT2D eigenvalue weighted by molar-refractivity contribution is 5.74. The van der Waals surface area contributed by atoms with Gasteiger partial charge in [-0.3, -0.25) is 9.36 Å². The van der Waals surface area contributed by atoms with E-state index >= 15 is 0 Å². The third-order valence-electron chi connectivity index (χ3n) is 7.32. The Morgan fingerprint density at radius 3 is 2.17 bits per heavy atom. The summed E-state index contributed by atoms with van der Waals surface area (Å²) < 4.78 is 8.96. The molecule has 0 saturated carbocycles. The van der Waals surface area contributed by atoms with Crippen molar-refractivity contribution in [3.05, 3.63) is 105 Å². The van der Waals surface area contributed by atoms with Crippen LogP contribution in [0.5, 0.6) is 5.75 Å². The average Bonchev–Trinajstić information content (AvgIpc) is 3.23. The smallest absolute Gasteiger partial charge is 0.346 e. The molecule has 0 saturated heterocycles. The lowest BCUT2D eigenvalue weighted by atomic mass is 9.87. The van der Waals surface area contributed by atoms with Crippen LogP contribution in [0.25, 0.3) is 11.1 Å². The van der Waals surface area contributed by atoms with Crippen LogP contribution < -0.4 is 10.4 Å². The van der Waals surface area contributed by atoms with Crippen molar-refractivity contribution in [3.8, 4) is 16.9 Å². The Balaban J connectivity index is 1.40. The molecular weight excluding hydrogens is 514 g/mol. The number of rotatable bonds is 12. The van der Waals surface area contributed by atoms with Crippen molar-refractivity contribution in [2.24, 2.45) is 0 Å². The summed E-state index contributed by atoms with van der Waals surface area (Å²) in [4.78, 5) is 24.3. The highest BCUT2D eigenvalue weighted by Crippen LogP contribution is 2.28. The van der Waals surface area contributed by atoms with E-state index in [4.69, 9.17) is 9.84 Å². The van der Waals surface area contributed by atoms with Crippen molar-refractivity contribution in [3.63, 3.8) is 0 Å². The molecule has 216 valence electrons. The van der Waals surface area contributed by atoms with Gasteiger partial charge in [-0.15, -0.1) is 0 Å². The first-order valence-electron chi connectivity index (χ1n) is 14.4. The lowest BCUT2D eigenvalue weighted by Gasteiger charge is -2.19. The average molecular weight is 556 g/mol. The van der Waals surface area contributed by atoms with E-state index in [1.807, 2.05) is 32.0 Å². The number of carboxylic acids is 1. The topological polar surface area (TPSA) is 86.4 Å². The van der Waals surface area contributed by atoms with E-state index in [9.17, 15) is 14.7 Å². The van der Waals surface area contributed by atoms with Gasteiger partial charge in [0.2, 0.25) is 0 Å². The summed E-state index contributed by atoms with van der Waals surface area (Å²) in [6, 6.07) is 22.5. The van der Waals surface area contributed by atoms with E-state index in [2.05, 4.69) is 69.3 Å². The molecule has 3 aromatic carbocycles. The van der Waals surface area contributed by atoms with Crippen molar-refractivity contribution in [1.82, 2.24) is 14.3 Å². The van der Waals surface area contributed by atoms with Gasteiger partial charge in [0.05, 0.1) is 19.6 Å². The lowest BCUT2D eigenvalue weighted by molar-refractivity contribution is -0.136. The third kappa shape index (κ3) is 7.54. The maximum Gasteiger partial charge on any atom is 0.346 e. The zero-order valence-corrected chi connectivity index (χ0v) is 24.8. The molecule has 7 heteroatoms. The Kier molecular flexibility index (Phi) is 9.48. The molecular formula is C34H41N3O4. The van der Waals surface area contributed by atoms with Gasteiger partial charge in [0.15, 0.2) is 0 Å². The van der Waals surface area contributed by atoms with E-state index in [-0.39, 0.29) is 17.5 Å². The summed E-state index contributed by atoms with van der Waals surface area (Å²) >= 11 is 0. The Bertz CT molecular complexity index is 1520. The first-order valence-corrected chi connectivity index (χ1v) is 14.4. The van der Waals surface area contributed by atoms with Crippen molar-refractivity contribution in [1.29, 1.82) is 0 Å². The minimum absolute atomic E-state index is 0.0654. The number of carboxylic acid groups (broad SMARTS) is 1. The zero-order chi connectivity index (χ0) is 29.6. The minimum Gasteiger partial charge on any atom is -0.494 e. The molecule has 0 aliphatic heterocycles. The predicted octanol–water partition coefficient (Wildman–Crippen LogP) is 6.28. The minimum atomic E-state index is -0.883. The predicted molar refractivity (Wildman–Crippen MR) is 163 cm³/mol. The van der Waals surface area contributed by atoms with Gasteiger partial charge in [-0.1, -0.05) is 75.4 Å². The summed E-state index contributed by atoms with van der Waals surface area (Å²) in [5.74, 6) is 0.550. The molecule has 1 N–H and O–H groups in total. The zero-order valence-electron chi connectivity index (χ0n) is 24.8. The Morgan fingerprint density at radius 1 is 0.902 bits per heavy atom. The van der Waals surface area contributed by atoms with Gasteiger partial charge >= 0.3 is 11.7 Å². The van der Waals surface area contributed by atoms with E-state index in [0.29, 0.717) is 31.0 Å². The number of carbonyl (C=O) groups is 1. The number of hydrogen-bond acceptors (Lipinski definition) is 4. The van der Waals surface area contributed by atoms with Crippen LogP contribution >= 0.6 is 0 Å². The van der Waals surface area contributed by atoms with Crippen molar-refractivity contribution in [2.45, 2.75) is 78.8 Å². The monoisotopic (exact) mass is 555 g/mol. The van der Waals surface area contributed by atoms with Gasteiger partial charge in [-0.2, -0.15) is 5.10 Å². The summed E-state index contributed by atoms with van der Waals surface area (Å²) in [6.45, 7) is 12.0. The highest BCUT2D eigenvalue weighted by Gasteiger charge is 2.15. The molecule has 41 heavy (non-hydrogen) atoms. The Labute approximate surface area is 242 Å². The summed E-state index contributed by atoms with van der Waals surface area (Å²) in [6.07, 6.45) is 2.39. The van der Waals surface area contributed by atoms with Gasteiger partial charge in [-0.25, -0.2) is 9.48 Å². The van der Waals surface area contributed by atoms with Gasteiger partial charge in [0.1, 0.15) is 11.6 Å². The number of nitrogens with zero attached hydrogens (tertiary/aromatic N) is 3. The highest BCUT2D eigenvalue weighted by atomic mass is 16.5. The quantitative estimate of drug-likeness (QED) is 0.222. The number of ether oxygens (including phenoxy) is 1. The fourth-order valence-corrected chi connectivity index (χ4v) is 5.05. The van der Waals surface area contributed by atoms with E-state index in [0.717, 1.165) is 41.8 Å². The maximum atomic E-state index is 13.0. The summed E-state index contributed by atoms with van der Waals surface area (Å²) in [5, 5.41) is 14.0. The van der Waals surface area contributed by atoms with Crippen molar-refractivity contribution >= 4 is 5.97 Å². The normalized spacial score (nSPS) is 11.5. The van der Waals surface area contributed by atoms with Crippen molar-refractivity contribution < 1.29 is 14.6 Å².